The Morgan fingerprint density at radius 3 is 1.69 bits per heavy atom. The summed E-state index contributed by atoms with van der Waals surface area (Å²) >= 11 is 0. The fourth-order valence-corrected chi connectivity index (χ4v) is 5.55. The first kappa shape index (κ1) is 50.6. The van der Waals surface area contributed by atoms with Crippen molar-refractivity contribution in [1.82, 2.24) is 31.9 Å². The van der Waals surface area contributed by atoms with Crippen LogP contribution in [0, 0.1) is 5.92 Å². The summed E-state index contributed by atoms with van der Waals surface area (Å²) in [6.07, 6.45) is -0.884. The first-order chi connectivity index (χ1) is 27.3. The van der Waals surface area contributed by atoms with Gasteiger partial charge < -0.3 is 69.5 Å². The van der Waals surface area contributed by atoms with Gasteiger partial charge in [-0.05, 0) is 82.0 Å². The van der Waals surface area contributed by atoms with Gasteiger partial charge in [-0.3, -0.25) is 33.6 Å². The highest BCUT2D eigenvalue weighted by Gasteiger charge is 2.35. The fourth-order valence-electron chi connectivity index (χ4n) is 5.55. The molecule has 0 aliphatic heterocycles. The highest BCUT2D eigenvalue weighted by Crippen LogP contribution is 2.12. The van der Waals surface area contributed by atoms with Gasteiger partial charge in [0, 0.05) is 19.5 Å². The maximum atomic E-state index is 13.8. The Balaban J connectivity index is 3.31. The highest BCUT2D eigenvalue weighted by molar-refractivity contribution is 5.97. The van der Waals surface area contributed by atoms with E-state index in [1.165, 1.54) is 26.0 Å². The number of hydrogen-bond donors (Lipinski definition) is 13. The van der Waals surface area contributed by atoms with Crippen LogP contribution in [0.3, 0.4) is 0 Å². The van der Waals surface area contributed by atoms with Crippen LogP contribution in [0.1, 0.15) is 77.7 Å². The molecule has 0 spiro atoms. The SMILES string of the molecule is CC(C)[C@H](NC(=O)[C@H](CC(=O)O)NC(=O)[C@@H](NC(=O)[C@H](CCCCNC(=O)CCN)NC(=O)[C@H](CCCCN)NC(=O)[C@@H](N)Cc1ccc(O)cc1)[C@H](C)O)C(=O)O. The first-order valence-corrected chi connectivity index (χ1v) is 19.2. The largest absolute Gasteiger partial charge is 0.508 e. The van der Waals surface area contributed by atoms with Gasteiger partial charge in [0.1, 0.15) is 36.0 Å². The molecule has 0 unspecified atom stereocenters. The molecular formula is C37H61N9O12. The smallest absolute Gasteiger partial charge is 0.326 e. The maximum absolute atomic E-state index is 13.8. The molecule has 0 fully saturated rings. The van der Waals surface area contributed by atoms with Gasteiger partial charge in [0.2, 0.25) is 35.4 Å². The van der Waals surface area contributed by atoms with Crippen LogP contribution >= 0.6 is 0 Å². The van der Waals surface area contributed by atoms with E-state index in [0.717, 1.165) is 6.92 Å². The van der Waals surface area contributed by atoms with Gasteiger partial charge in [-0.2, -0.15) is 0 Å². The lowest BCUT2D eigenvalue weighted by molar-refractivity contribution is -0.144. The topological polar surface area (TPSA) is 368 Å². The normalized spacial score (nSPS) is 14.7. The molecule has 21 nitrogen and oxygen atoms in total. The number of nitrogens with two attached hydrogens (primary N) is 3. The second-order valence-electron chi connectivity index (χ2n) is 14.2. The Morgan fingerprint density at radius 2 is 1.17 bits per heavy atom. The van der Waals surface area contributed by atoms with Crippen LogP contribution < -0.4 is 49.1 Å². The highest BCUT2D eigenvalue weighted by atomic mass is 16.4. The number of carboxylic acid groups (broad SMARTS) is 2. The average Bonchev–Trinajstić information content (AvgIpc) is 3.14. The number of aliphatic hydroxyl groups excluding tert-OH is 1. The van der Waals surface area contributed by atoms with E-state index in [1.807, 2.05) is 0 Å². The predicted molar refractivity (Wildman–Crippen MR) is 209 cm³/mol. The van der Waals surface area contributed by atoms with Crippen molar-refractivity contribution < 1.29 is 58.8 Å². The number of phenolic OH excluding ortho intramolecular Hbond substituents is 1. The number of hydrogen-bond acceptors (Lipinski definition) is 13. The Bertz CT molecular complexity index is 1530. The number of aliphatic hydroxyl groups is 1. The number of unbranched alkanes of at least 4 members (excludes halogenated alkanes) is 2. The minimum Gasteiger partial charge on any atom is -0.508 e. The van der Waals surface area contributed by atoms with Crippen molar-refractivity contribution >= 4 is 47.4 Å². The Kier molecular flexibility index (Phi) is 23.2. The molecule has 1 rings (SSSR count). The number of carboxylic acids is 2. The predicted octanol–water partition coefficient (Wildman–Crippen LogP) is -2.95. The molecule has 1 aromatic carbocycles. The third-order valence-corrected chi connectivity index (χ3v) is 8.86. The van der Waals surface area contributed by atoms with Gasteiger partial charge in [0.15, 0.2) is 0 Å². The van der Waals surface area contributed by atoms with Crippen molar-refractivity contribution in [3.63, 3.8) is 0 Å². The minimum atomic E-state index is -1.81. The Hall–Kier alpha value is -5.38. The standard InChI is InChI=1S/C37H61N9O12/c1-20(2)30(37(57)58)45-35(55)27(19-29(50)51)44-36(56)31(21(3)47)46-34(54)26(9-5-7-17-41-28(49)14-16-39)43-33(53)25(8-4-6-15-38)42-32(52)24(40)18-22-10-12-23(48)13-11-22/h10-13,20-21,24-27,30-31,47-48H,4-9,14-19,38-40H2,1-3H3,(H,41,49)(H,42,52)(H,43,53)(H,44,56)(H,45,55)(H,46,54)(H,50,51)(H,57,58)/t21-,24-,25-,26-,27-,30-,31-/m0/s1. The zero-order chi connectivity index (χ0) is 43.9. The number of rotatable bonds is 28. The molecule has 0 saturated carbocycles. The lowest BCUT2D eigenvalue weighted by Crippen LogP contribution is -2.61. The molecular weight excluding hydrogens is 762 g/mol. The lowest BCUT2D eigenvalue weighted by atomic mass is 10.0. The number of aliphatic carboxylic acids is 2. The molecule has 0 aliphatic carbocycles. The van der Waals surface area contributed by atoms with E-state index in [2.05, 4.69) is 31.9 Å². The van der Waals surface area contributed by atoms with Gasteiger partial charge in [0.25, 0.3) is 0 Å². The van der Waals surface area contributed by atoms with E-state index >= 15 is 0 Å². The molecule has 16 N–H and O–H groups in total. The molecule has 0 saturated heterocycles. The molecule has 58 heavy (non-hydrogen) atoms. The summed E-state index contributed by atoms with van der Waals surface area (Å²) in [5.41, 5.74) is 17.8. The molecule has 6 amide bonds. The maximum Gasteiger partial charge on any atom is 0.326 e. The molecule has 0 radical (unpaired) electrons. The van der Waals surface area contributed by atoms with E-state index in [0.29, 0.717) is 31.4 Å². The van der Waals surface area contributed by atoms with Crippen molar-refractivity contribution in [1.29, 1.82) is 0 Å². The van der Waals surface area contributed by atoms with Crippen LogP contribution in [0.2, 0.25) is 0 Å². The van der Waals surface area contributed by atoms with Crippen molar-refractivity contribution in [2.75, 3.05) is 19.6 Å². The number of aromatic hydroxyl groups is 1. The number of carbonyl (C=O) groups is 8. The van der Waals surface area contributed by atoms with E-state index in [4.69, 9.17) is 17.2 Å². The fraction of sp³-hybridized carbons (Fsp3) is 0.622. The summed E-state index contributed by atoms with van der Waals surface area (Å²) in [7, 11) is 0. The van der Waals surface area contributed by atoms with E-state index < -0.39 is 96.2 Å². The first-order valence-electron chi connectivity index (χ1n) is 19.2. The van der Waals surface area contributed by atoms with Crippen LogP contribution in [-0.4, -0.2) is 130 Å². The van der Waals surface area contributed by atoms with Crippen molar-refractivity contribution in [2.45, 2.75) is 121 Å². The number of carbonyl (C=O) groups excluding carboxylic acids is 6. The zero-order valence-corrected chi connectivity index (χ0v) is 33.2. The third kappa shape index (κ3) is 19.2. The van der Waals surface area contributed by atoms with Crippen LogP contribution in [0.15, 0.2) is 24.3 Å². The summed E-state index contributed by atoms with van der Waals surface area (Å²) in [4.78, 5) is 102. The van der Waals surface area contributed by atoms with Gasteiger partial charge in [0.05, 0.1) is 18.6 Å². The summed E-state index contributed by atoms with van der Waals surface area (Å²) in [5, 5.41) is 53.6. The lowest BCUT2D eigenvalue weighted by Gasteiger charge is -2.28. The summed E-state index contributed by atoms with van der Waals surface area (Å²) < 4.78 is 0. The van der Waals surface area contributed by atoms with Crippen LogP contribution in [0.25, 0.3) is 0 Å². The van der Waals surface area contributed by atoms with Gasteiger partial charge in [-0.15, -0.1) is 0 Å². The van der Waals surface area contributed by atoms with Crippen LogP contribution in [0.5, 0.6) is 5.75 Å². The zero-order valence-electron chi connectivity index (χ0n) is 33.2. The minimum absolute atomic E-state index is 0.0244. The molecule has 7 atom stereocenters. The van der Waals surface area contributed by atoms with E-state index in [-0.39, 0.29) is 56.9 Å². The van der Waals surface area contributed by atoms with Crippen LogP contribution in [-0.2, 0) is 44.8 Å². The molecule has 0 aromatic heterocycles. The second-order valence-corrected chi connectivity index (χ2v) is 14.2. The van der Waals surface area contributed by atoms with Gasteiger partial charge in [-0.25, -0.2) is 4.79 Å². The summed E-state index contributed by atoms with van der Waals surface area (Å²) in [5.74, 6) is -8.56. The van der Waals surface area contributed by atoms with E-state index in [1.54, 1.807) is 12.1 Å². The monoisotopic (exact) mass is 823 g/mol. The number of phenols is 1. The molecule has 0 heterocycles. The van der Waals surface area contributed by atoms with Crippen molar-refractivity contribution in [3.8, 4) is 5.75 Å². The van der Waals surface area contributed by atoms with E-state index in [9.17, 15) is 58.8 Å². The van der Waals surface area contributed by atoms with Gasteiger partial charge in [-0.1, -0.05) is 26.0 Å². The number of nitrogens with one attached hydrogen (secondary N) is 6. The molecule has 326 valence electrons. The third-order valence-electron chi connectivity index (χ3n) is 8.86. The second kappa shape index (κ2) is 26.5. The summed E-state index contributed by atoms with van der Waals surface area (Å²) in [6.45, 7) is 4.79. The average molecular weight is 824 g/mol. The quantitative estimate of drug-likeness (QED) is 0.0376. The van der Waals surface area contributed by atoms with Crippen molar-refractivity contribution in [3.05, 3.63) is 29.8 Å². The Labute approximate surface area is 337 Å². The molecule has 0 aliphatic rings. The van der Waals surface area contributed by atoms with Crippen LogP contribution in [0.4, 0.5) is 0 Å². The Morgan fingerprint density at radius 1 is 0.655 bits per heavy atom. The van der Waals surface area contributed by atoms with Crippen molar-refractivity contribution in [2.24, 2.45) is 23.1 Å². The number of amides is 6. The molecule has 0 bridgehead atoms. The van der Waals surface area contributed by atoms with Gasteiger partial charge >= 0.3 is 11.9 Å². The number of benzene rings is 1. The molecule has 1 aromatic rings. The molecule has 21 heteroatoms. The summed E-state index contributed by atoms with van der Waals surface area (Å²) in [6, 6.07) is -2.67.